The van der Waals surface area contributed by atoms with Gasteiger partial charge in [-0.05, 0) is 13.0 Å². The van der Waals surface area contributed by atoms with Gasteiger partial charge in [0.05, 0.1) is 24.2 Å². The standard InChI is InChI=1S/C18H17N3O6/c1-2-25-15-9-17-16(26-11-27-17)7-13(15)10-19-20-18(22)8-12-5-3-4-6-14(12)21(23)24/h3-7,9-10H,2,8,11H2,1H3,(H,20,22)/b19-10+. The number of fused-ring (bicyclic) bond motifs is 1. The molecule has 0 saturated heterocycles. The van der Waals surface area contributed by atoms with Gasteiger partial charge in [0.1, 0.15) is 5.75 Å². The van der Waals surface area contributed by atoms with Crippen molar-refractivity contribution in [2.75, 3.05) is 13.4 Å². The number of nitro benzene ring substituents is 1. The lowest BCUT2D eigenvalue weighted by Gasteiger charge is -2.08. The molecular weight excluding hydrogens is 354 g/mol. The minimum atomic E-state index is -0.521. The van der Waals surface area contributed by atoms with Crippen molar-refractivity contribution in [3.63, 3.8) is 0 Å². The number of hydrazone groups is 1. The van der Waals surface area contributed by atoms with Gasteiger partial charge in [0.15, 0.2) is 11.5 Å². The quantitative estimate of drug-likeness (QED) is 0.454. The van der Waals surface area contributed by atoms with E-state index in [1.54, 1.807) is 24.3 Å². The Hall–Kier alpha value is -3.62. The van der Waals surface area contributed by atoms with Gasteiger partial charge in [-0.25, -0.2) is 5.43 Å². The van der Waals surface area contributed by atoms with E-state index < -0.39 is 10.8 Å². The fraction of sp³-hybridized carbons (Fsp3) is 0.222. The molecule has 2 aromatic carbocycles. The van der Waals surface area contributed by atoms with Crippen LogP contribution in [0, 0.1) is 10.1 Å². The van der Waals surface area contributed by atoms with Crippen LogP contribution in [-0.2, 0) is 11.2 Å². The molecule has 0 aliphatic carbocycles. The van der Waals surface area contributed by atoms with Crippen LogP contribution in [0.3, 0.4) is 0 Å². The first-order chi connectivity index (χ1) is 13.1. The van der Waals surface area contributed by atoms with Crippen LogP contribution in [0.1, 0.15) is 18.1 Å². The average molecular weight is 371 g/mol. The van der Waals surface area contributed by atoms with E-state index in [1.807, 2.05) is 6.92 Å². The van der Waals surface area contributed by atoms with Crippen LogP contribution >= 0.6 is 0 Å². The Labute approximate surface area is 154 Å². The molecule has 0 saturated carbocycles. The molecule has 1 aliphatic heterocycles. The molecule has 0 atom stereocenters. The Bertz CT molecular complexity index is 897. The molecule has 140 valence electrons. The Morgan fingerprint density at radius 2 is 2.07 bits per heavy atom. The maximum atomic E-state index is 12.1. The van der Waals surface area contributed by atoms with Crippen LogP contribution in [0.4, 0.5) is 5.69 Å². The van der Waals surface area contributed by atoms with Crippen molar-refractivity contribution in [1.82, 2.24) is 5.43 Å². The largest absolute Gasteiger partial charge is 0.493 e. The van der Waals surface area contributed by atoms with E-state index in [4.69, 9.17) is 14.2 Å². The number of para-hydroxylation sites is 1. The van der Waals surface area contributed by atoms with Crippen LogP contribution in [0.5, 0.6) is 17.2 Å². The Morgan fingerprint density at radius 1 is 1.33 bits per heavy atom. The van der Waals surface area contributed by atoms with Gasteiger partial charge in [0.2, 0.25) is 12.7 Å². The molecule has 0 fully saturated rings. The highest BCUT2D eigenvalue weighted by Crippen LogP contribution is 2.37. The predicted octanol–water partition coefficient (Wildman–Crippen LogP) is 2.42. The van der Waals surface area contributed by atoms with Crippen LogP contribution in [0.25, 0.3) is 0 Å². The summed E-state index contributed by atoms with van der Waals surface area (Å²) >= 11 is 0. The van der Waals surface area contributed by atoms with Gasteiger partial charge in [-0.3, -0.25) is 14.9 Å². The van der Waals surface area contributed by atoms with E-state index in [2.05, 4.69) is 10.5 Å². The van der Waals surface area contributed by atoms with E-state index in [0.717, 1.165) is 0 Å². The van der Waals surface area contributed by atoms with Gasteiger partial charge < -0.3 is 14.2 Å². The van der Waals surface area contributed by atoms with Crippen LogP contribution in [0.2, 0.25) is 0 Å². The molecule has 1 heterocycles. The first kappa shape index (κ1) is 18.2. The summed E-state index contributed by atoms with van der Waals surface area (Å²) in [7, 11) is 0. The van der Waals surface area contributed by atoms with Crippen molar-refractivity contribution in [3.05, 3.63) is 57.6 Å². The number of nitrogens with one attached hydrogen (secondary N) is 1. The van der Waals surface area contributed by atoms with Crippen molar-refractivity contribution in [1.29, 1.82) is 0 Å². The normalized spacial score (nSPS) is 12.2. The van der Waals surface area contributed by atoms with Crippen LogP contribution < -0.4 is 19.6 Å². The summed E-state index contributed by atoms with van der Waals surface area (Å²) in [5.74, 6) is 1.21. The molecule has 0 bridgehead atoms. The molecule has 0 aromatic heterocycles. The Balaban J connectivity index is 1.69. The number of hydrogen-bond acceptors (Lipinski definition) is 7. The number of rotatable bonds is 7. The highest BCUT2D eigenvalue weighted by molar-refractivity contribution is 5.87. The molecule has 9 heteroatoms. The average Bonchev–Trinajstić information content (AvgIpc) is 3.09. The number of nitrogens with zero attached hydrogens (tertiary/aromatic N) is 2. The van der Waals surface area contributed by atoms with Crippen LogP contribution in [0.15, 0.2) is 41.5 Å². The summed E-state index contributed by atoms with van der Waals surface area (Å²) in [6, 6.07) is 9.47. The Kier molecular flexibility index (Phi) is 5.50. The van der Waals surface area contributed by atoms with Gasteiger partial charge >= 0.3 is 0 Å². The van der Waals surface area contributed by atoms with Crippen molar-refractivity contribution in [3.8, 4) is 17.2 Å². The monoisotopic (exact) mass is 371 g/mol. The number of amides is 1. The van der Waals surface area contributed by atoms with Crippen LogP contribution in [-0.4, -0.2) is 30.4 Å². The Morgan fingerprint density at radius 3 is 2.81 bits per heavy atom. The zero-order valence-electron chi connectivity index (χ0n) is 14.5. The third kappa shape index (κ3) is 4.32. The minimum Gasteiger partial charge on any atom is -0.493 e. The number of ether oxygens (including phenoxy) is 3. The van der Waals surface area contributed by atoms with E-state index in [-0.39, 0.29) is 18.9 Å². The summed E-state index contributed by atoms with van der Waals surface area (Å²) in [5, 5.41) is 14.9. The number of benzene rings is 2. The van der Waals surface area contributed by atoms with E-state index in [0.29, 0.717) is 35.0 Å². The molecule has 1 aliphatic rings. The summed E-state index contributed by atoms with van der Waals surface area (Å²) in [6.45, 7) is 2.43. The van der Waals surface area contributed by atoms with Gasteiger partial charge in [-0.1, -0.05) is 18.2 Å². The molecule has 9 nitrogen and oxygen atoms in total. The molecule has 2 aromatic rings. The van der Waals surface area contributed by atoms with E-state index in [1.165, 1.54) is 18.3 Å². The van der Waals surface area contributed by atoms with Crippen molar-refractivity contribution < 1.29 is 23.9 Å². The summed E-state index contributed by atoms with van der Waals surface area (Å²) in [5.41, 5.74) is 3.17. The zero-order chi connectivity index (χ0) is 19.2. The summed E-state index contributed by atoms with van der Waals surface area (Å²) < 4.78 is 16.2. The highest BCUT2D eigenvalue weighted by atomic mass is 16.7. The third-order valence-corrected chi connectivity index (χ3v) is 3.74. The fourth-order valence-corrected chi connectivity index (χ4v) is 2.55. The highest BCUT2D eigenvalue weighted by Gasteiger charge is 2.18. The topological polar surface area (TPSA) is 112 Å². The second-order valence-corrected chi connectivity index (χ2v) is 5.53. The number of carbonyl (C=O) groups is 1. The van der Waals surface area contributed by atoms with Crippen molar-refractivity contribution >= 4 is 17.8 Å². The second kappa shape index (κ2) is 8.17. The number of nitro groups is 1. The molecule has 3 rings (SSSR count). The first-order valence-electron chi connectivity index (χ1n) is 8.19. The lowest BCUT2D eigenvalue weighted by Crippen LogP contribution is -2.20. The molecule has 27 heavy (non-hydrogen) atoms. The summed E-state index contributed by atoms with van der Waals surface area (Å²) in [4.78, 5) is 22.5. The lowest BCUT2D eigenvalue weighted by molar-refractivity contribution is -0.385. The van der Waals surface area contributed by atoms with Crippen molar-refractivity contribution in [2.24, 2.45) is 5.10 Å². The molecule has 0 radical (unpaired) electrons. The fourth-order valence-electron chi connectivity index (χ4n) is 2.55. The summed E-state index contributed by atoms with van der Waals surface area (Å²) in [6.07, 6.45) is 1.26. The van der Waals surface area contributed by atoms with Gasteiger partial charge in [-0.15, -0.1) is 0 Å². The molecule has 0 spiro atoms. The number of carbonyl (C=O) groups excluding carboxylic acids is 1. The predicted molar refractivity (Wildman–Crippen MR) is 96.3 cm³/mol. The number of hydrogen-bond donors (Lipinski definition) is 1. The molecular formula is C18H17N3O6. The maximum Gasteiger partial charge on any atom is 0.273 e. The zero-order valence-corrected chi connectivity index (χ0v) is 14.5. The maximum absolute atomic E-state index is 12.1. The SMILES string of the molecule is CCOc1cc2c(cc1/C=N/NC(=O)Cc1ccccc1[N+](=O)[O-])OCO2. The van der Waals surface area contributed by atoms with Gasteiger partial charge in [0, 0.05) is 23.3 Å². The molecule has 0 unspecified atom stereocenters. The first-order valence-corrected chi connectivity index (χ1v) is 8.19. The molecule has 1 N–H and O–H groups in total. The van der Waals surface area contributed by atoms with E-state index in [9.17, 15) is 14.9 Å². The second-order valence-electron chi connectivity index (χ2n) is 5.53. The van der Waals surface area contributed by atoms with Gasteiger partial charge in [0.25, 0.3) is 5.69 Å². The lowest BCUT2D eigenvalue weighted by atomic mass is 10.1. The molecule has 1 amide bonds. The van der Waals surface area contributed by atoms with Gasteiger partial charge in [-0.2, -0.15) is 5.10 Å². The minimum absolute atomic E-state index is 0.106. The van der Waals surface area contributed by atoms with Crippen molar-refractivity contribution in [2.45, 2.75) is 13.3 Å². The smallest absolute Gasteiger partial charge is 0.273 e. The third-order valence-electron chi connectivity index (χ3n) is 3.74. The van der Waals surface area contributed by atoms with E-state index >= 15 is 0 Å².